The van der Waals surface area contributed by atoms with Crippen LogP contribution in [-0.2, 0) is 11.3 Å². The average Bonchev–Trinajstić information content (AvgIpc) is 3.12. The summed E-state index contributed by atoms with van der Waals surface area (Å²) in [5.41, 5.74) is 3.73. The topological polar surface area (TPSA) is 42.4 Å². The molecule has 0 spiro atoms. The van der Waals surface area contributed by atoms with Gasteiger partial charge in [-0.15, -0.1) is 11.3 Å². The fourth-order valence-electron chi connectivity index (χ4n) is 2.75. The van der Waals surface area contributed by atoms with Crippen molar-refractivity contribution in [1.29, 1.82) is 0 Å². The van der Waals surface area contributed by atoms with Crippen LogP contribution in [0, 0.1) is 0 Å². The average molecular weight is 340 g/mol. The summed E-state index contributed by atoms with van der Waals surface area (Å²) in [7, 11) is 3.48. The molecule has 1 aromatic heterocycles. The Morgan fingerprint density at radius 1 is 1.25 bits per heavy atom. The number of amides is 1. The van der Waals surface area contributed by atoms with Crippen molar-refractivity contribution in [2.75, 3.05) is 14.2 Å². The van der Waals surface area contributed by atoms with Crippen molar-refractivity contribution in [1.82, 2.24) is 9.88 Å². The highest BCUT2D eigenvalue weighted by Crippen LogP contribution is 2.26. The van der Waals surface area contributed by atoms with Crippen molar-refractivity contribution in [3.8, 4) is 5.75 Å². The van der Waals surface area contributed by atoms with Crippen LogP contribution in [0.25, 0.3) is 10.8 Å². The van der Waals surface area contributed by atoms with E-state index in [0.717, 1.165) is 27.8 Å². The standard InChI is InChI=1S/C19H20N2O2S/c1-13(19(22)21(2)10-17-11-24-12-20-17)14-4-5-16-9-18(23-3)7-6-15(16)8-14/h4-9,11-13H,10H2,1-3H3/t13-/m0/s1. The molecule has 4 nitrogen and oxygen atoms in total. The largest absolute Gasteiger partial charge is 0.497 e. The number of carbonyl (C=O) groups is 1. The minimum atomic E-state index is -0.194. The van der Waals surface area contributed by atoms with E-state index in [1.807, 2.05) is 49.7 Å². The predicted molar refractivity (Wildman–Crippen MR) is 97.5 cm³/mol. The van der Waals surface area contributed by atoms with Crippen LogP contribution >= 0.6 is 11.3 Å². The van der Waals surface area contributed by atoms with E-state index in [4.69, 9.17) is 4.74 Å². The third-order valence-corrected chi connectivity index (χ3v) is 4.84. The summed E-state index contributed by atoms with van der Waals surface area (Å²) < 4.78 is 5.25. The molecular formula is C19H20N2O2S. The van der Waals surface area contributed by atoms with Gasteiger partial charge in [-0.3, -0.25) is 4.79 Å². The zero-order valence-electron chi connectivity index (χ0n) is 14.0. The lowest BCUT2D eigenvalue weighted by Crippen LogP contribution is -2.30. The van der Waals surface area contributed by atoms with E-state index < -0.39 is 0 Å². The Morgan fingerprint density at radius 3 is 2.71 bits per heavy atom. The Balaban J connectivity index is 1.79. The second-order valence-corrected chi connectivity index (χ2v) is 6.59. The lowest BCUT2D eigenvalue weighted by Gasteiger charge is -2.21. The van der Waals surface area contributed by atoms with Crippen molar-refractivity contribution in [2.45, 2.75) is 19.4 Å². The number of hydrogen-bond donors (Lipinski definition) is 0. The normalized spacial score (nSPS) is 12.1. The van der Waals surface area contributed by atoms with E-state index in [1.54, 1.807) is 28.9 Å². The van der Waals surface area contributed by atoms with E-state index in [9.17, 15) is 4.79 Å². The summed E-state index contributed by atoms with van der Waals surface area (Å²) in [6.07, 6.45) is 0. The monoisotopic (exact) mass is 340 g/mol. The molecule has 0 saturated carbocycles. The van der Waals surface area contributed by atoms with Gasteiger partial charge in [-0.1, -0.05) is 24.3 Å². The third-order valence-electron chi connectivity index (χ3n) is 4.20. The van der Waals surface area contributed by atoms with Gasteiger partial charge in [0.25, 0.3) is 0 Å². The minimum absolute atomic E-state index is 0.0934. The van der Waals surface area contributed by atoms with Gasteiger partial charge in [0.05, 0.1) is 30.8 Å². The Bertz CT molecular complexity index is 846. The fraction of sp³-hybridized carbons (Fsp3) is 0.263. The molecule has 0 unspecified atom stereocenters. The quantitative estimate of drug-likeness (QED) is 0.703. The number of benzene rings is 2. The minimum Gasteiger partial charge on any atom is -0.497 e. The zero-order valence-corrected chi connectivity index (χ0v) is 14.8. The number of ether oxygens (including phenoxy) is 1. The summed E-state index contributed by atoms with van der Waals surface area (Å²) in [6.45, 7) is 2.49. The first-order valence-corrected chi connectivity index (χ1v) is 8.72. The van der Waals surface area contributed by atoms with E-state index in [-0.39, 0.29) is 11.8 Å². The molecule has 0 bridgehead atoms. The number of fused-ring (bicyclic) bond motifs is 1. The molecule has 0 fully saturated rings. The maximum Gasteiger partial charge on any atom is 0.229 e. The molecule has 0 aliphatic carbocycles. The van der Waals surface area contributed by atoms with E-state index in [2.05, 4.69) is 11.1 Å². The van der Waals surface area contributed by atoms with Crippen molar-refractivity contribution >= 4 is 28.0 Å². The second kappa shape index (κ2) is 7.01. The van der Waals surface area contributed by atoms with Crippen LogP contribution in [0.2, 0.25) is 0 Å². The number of nitrogens with zero attached hydrogens (tertiary/aromatic N) is 2. The van der Waals surface area contributed by atoms with Crippen molar-refractivity contribution < 1.29 is 9.53 Å². The first-order valence-electron chi connectivity index (χ1n) is 7.78. The van der Waals surface area contributed by atoms with E-state index in [1.165, 1.54) is 0 Å². The lowest BCUT2D eigenvalue weighted by atomic mass is 9.96. The van der Waals surface area contributed by atoms with Crippen LogP contribution in [0.3, 0.4) is 0 Å². The molecule has 0 radical (unpaired) electrons. The Kier molecular flexibility index (Phi) is 4.81. The first-order chi connectivity index (χ1) is 11.6. The van der Waals surface area contributed by atoms with Crippen molar-refractivity contribution in [3.63, 3.8) is 0 Å². The fourth-order valence-corrected chi connectivity index (χ4v) is 3.30. The van der Waals surface area contributed by atoms with Gasteiger partial charge in [0.2, 0.25) is 5.91 Å². The molecule has 5 heteroatoms. The summed E-state index contributed by atoms with van der Waals surface area (Å²) in [5.74, 6) is 0.735. The highest BCUT2D eigenvalue weighted by molar-refractivity contribution is 7.07. The van der Waals surface area contributed by atoms with Crippen molar-refractivity contribution in [3.05, 3.63) is 58.5 Å². The molecule has 0 saturated heterocycles. The smallest absolute Gasteiger partial charge is 0.229 e. The molecule has 24 heavy (non-hydrogen) atoms. The molecule has 0 aliphatic rings. The molecule has 2 aromatic carbocycles. The molecule has 1 heterocycles. The molecule has 0 N–H and O–H groups in total. The van der Waals surface area contributed by atoms with Crippen LogP contribution < -0.4 is 4.74 Å². The van der Waals surface area contributed by atoms with Crippen LogP contribution in [-0.4, -0.2) is 29.9 Å². The second-order valence-electron chi connectivity index (χ2n) is 5.87. The SMILES string of the molecule is COc1ccc2cc([C@H](C)C(=O)N(C)Cc3cscn3)ccc2c1. The summed E-state index contributed by atoms with van der Waals surface area (Å²) in [4.78, 5) is 18.7. The molecule has 124 valence electrons. The van der Waals surface area contributed by atoms with Gasteiger partial charge in [-0.2, -0.15) is 0 Å². The first kappa shape index (κ1) is 16.5. The van der Waals surface area contributed by atoms with E-state index in [0.29, 0.717) is 6.54 Å². The van der Waals surface area contributed by atoms with Crippen LogP contribution in [0.15, 0.2) is 47.3 Å². The van der Waals surface area contributed by atoms with Crippen molar-refractivity contribution in [2.24, 2.45) is 0 Å². The zero-order chi connectivity index (χ0) is 17.1. The Morgan fingerprint density at radius 2 is 2.00 bits per heavy atom. The van der Waals surface area contributed by atoms with Gasteiger partial charge in [-0.05, 0) is 35.4 Å². The molecule has 1 amide bonds. The summed E-state index contributed by atoms with van der Waals surface area (Å²) in [5, 5.41) is 4.18. The molecule has 0 aliphatic heterocycles. The Labute approximate surface area is 145 Å². The van der Waals surface area contributed by atoms with Gasteiger partial charge in [0.15, 0.2) is 0 Å². The number of hydrogen-bond acceptors (Lipinski definition) is 4. The number of thiazole rings is 1. The van der Waals surface area contributed by atoms with Gasteiger partial charge in [0, 0.05) is 12.4 Å². The predicted octanol–water partition coefficient (Wildman–Crippen LogP) is 4.07. The summed E-state index contributed by atoms with van der Waals surface area (Å²) >= 11 is 1.54. The van der Waals surface area contributed by atoms with Gasteiger partial charge < -0.3 is 9.64 Å². The molecule has 3 rings (SSSR count). The third kappa shape index (κ3) is 3.41. The lowest BCUT2D eigenvalue weighted by molar-refractivity contribution is -0.131. The molecule has 1 atom stereocenters. The Hall–Kier alpha value is -2.40. The highest BCUT2D eigenvalue weighted by atomic mass is 32.1. The maximum atomic E-state index is 12.7. The molecular weight excluding hydrogens is 320 g/mol. The van der Waals surface area contributed by atoms with Crippen LogP contribution in [0.5, 0.6) is 5.75 Å². The molecule has 3 aromatic rings. The van der Waals surface area contributed by atoms with Gasteiger partial charge >= 0.3 is 0 Å². The maximum absolute atomic E-state index is 12.7. The van der Waals surface area contributed by atoms with Crippen LogP contribution in [0.1, 0.15) is 24.1 Å². The van der Waals surface area contributed by atoms with Gasteiger partial charge in [-0.25, -0.2) is 4.98 Å². The number of likely N-dealkylation sites (N-methyl/N-ethyl adjacent to an activating group) is 1. The summed E-state index contributed by atoms with van der Waals surface area (Å²) in [6, 6.07) is 12.1. The number of carbonyl (C=O) groups excluding carboxylic acids is 1. The number of rotatable bonds is 5. The number of aromatic nitrogens is 1. The number of methoxy groups -OCH3 is 1. The highest BCUT2D eigenvalue weighted by Gasteiger charge is 2.20. The van der Waals surface area contributed by atoms with Crippen LogP contribution in [0.4, 0.5) is 0 Å². The van der Waals surface area contributed by atoms with Gasteiger partial charge in [0.1, 0.15) is 5.75 Å². The van der Waals surface area contributed by atoms with E-state index >= 15 is 0 Å².